The van der Waals surface area contributed by atoms with E-state index in [1.807, 2.05) is 4.90 Å². The van der Waals surface area contributed by atoms with Gasteiger partial charge in [-0.3, -0.25) is 14.3 Å². The molecule has 0 bridgehead atoms. The number of carbonyl (C=O) groups excluding carboxylic acids is 3. The normalized spacial score (nSPS) is 24.1. The fourth-order valence-corrected chi connectivity index (χ4v) is 6.70. The highest BCUT2D eigenvalue weighted by Crippen LogP contribution is 2.46. The number of nitrogens with one attached hydrogen (secondary N) is 2. The van der Waals surface area contributed by atoms with Crippen molar-refractivity contribution in [3.63, 3.8) is 0 Å². The van der Waals surface area contributed by atoms with E-state index in [0.717, 1.165) is 19.3 Å². The Morgan fingerprint density at radius 2 is 1.78 bits per heavy atom. The molecule has 7 rings (SSSR count). The topological polar surface area (TPSA) is 143 Å². The maximum Gasteiger partial charge on any atom is 0.435 e. The van der Waals surface area contributed by atoms with Crippen LogP contribution in [0.2, 0.25) is 5.02 Å². The van der Waals surface area contributed by atoms with Crippen molar-refractivity contribution in [1.82, 2.24) is 34.4 Å². The number of aromatic nitrogens is 4. The molecule has 4 N–H and O–H groups in total. The molecule has 0 radical (unpaired) electrons. The summed E-state index contributed by atoms with van der Waals surface area (Å²) in [4.78, 5) is 46.5. The first-order valence-electron chi connectivity index (χ1n) is 14.8. The van der Waals surface area contributed by atoms with Crippen molar-refractivity contribution in [3.8, 4) is 11.3 Å². The largest absolute Gasteiger partial charge is 0.435 e. The summed E-state index contributed by atoms with van der Waals surface area (Å²) >= 11 is 6.42. The number of piperidine rings is 1. The first kappa shape index (κ1) is 29.6. The van der Waals surface area contributed by atoms with Gasteiger partial charge in [0.2, 0.25) is 0 Å². The molecule has 45 heavy (non-hydrogen) atoms. The van der Waals surface area contributed by atoms with Crippen LogP contribution >= 0.6 is 11.6 Å². The second-order valence-corrected chi connectivity index (χ2v) is 12.7. The Hall–Kier alpha value is -4.11. The molecule has 4 fully saturated rings. The Morgan fingerprint density at radius 3 is 2.40 bits per heavy atom. The third kappa shape index (κ3) is 5.52. The van der Waals surface area contributed by atoms with Crippen LogP contribution in [0, 0.1) is 11.8 Å². The molecule has 2 aromatic heterocycles. The summed E-state index contributed by atoms with van der Waals surface area (Å²) in [6, 6.07) is 4.34. The highest BCUT2D eigenvalue weighted by atomic mass is 35.5. The van der Waals surface area contributed by atoms with Crippen molar-refractivity contribution >= 4 is 35.1 Å². The Labute approximate surface area is 260 Å². The predicted molar refractivity (Wildman–Crippen MR) is 156 cm³/mol. The van der Waals surface area contributed by atoms with Crippen LogP contribution < -0.4 is 16.4 Å². The van der Waals surface area contributed by atoms with E-state index in [2.05, 4.69) is 20.7 Å². The molecule has 2 aliphatic heterocycles. The Bertz CT molecular complexity index is 1690. The van der Waals surface area contributed by atoms with E-state index >= 15 is 0 Å². The van der Waals surface area contributed by atoms with E-state index < -0.39 is 17.8 Å². The first-order chi connectivity index (χ1) is 21.4. The number of nitrogens with two attached hydrogens (primary N) is 1. The van der Waals surface area contributed by atoms with Crippen LogP contribution in [0.3, 0.4) is 0 Å². The Morgan fingerprint density at radius 1 is 1.04 bits per heavy atom. The number of halogens is 4. The molecule has 16 heteroatoms. The number of hydrogen-bond donors (Lipinski definition) is 3. The molecular weight excluding hydrogens is 615 g/mol. The molecule has 3 aromatic rings. The van der Waals surface area contributed by atoms with Crippen LogP contribution in [0.25, 0.3) is 11.3 Å². The van der Waals surface area contributed by atoms with Crippen molar-refractivity contribution in [3.05, 3.63) is 52.7 Å². The van der Waals surface area contributed by atoms with E-state index in [4.69, 9.17) is 17.3 Å². The lowest BCUT2D eigenvalue weighted by molar-refractivity contribution is -0.141. The zero-order chi connectivity index (χ0) is 31.8. The number of imidazole rings is 1. The first-order valence-corrected chi connectivity index (χ1v) is 15.2. The van der Waals surface area contributed by atoms with Gasteiger partial charge >= 0.3 is 12.2 Å². The summed E-state index contributed by atoms with van der Waals surface area (Å²) < 4.78 is 43.8. The number of urea groups is 1. The van der Waals surface area contributed by atoms with Crippen LogP contribution in [0.1, 0.15) is 52.0 Å². The smallest absolute Gasteiger partial charge is 0.349 e. The van der Waals surface area contributed by atoms with Gasteiger partial charge in [0.25, 0.3) is 11.8 Å². The third-order valence-electron chi connectivity index (χ3n) is 9.12. The highest BCUT2D eigenvalue weighted by Gasteiger charge is 2.58. The number of carbonyl (C=O) groups is 3. The third-order valence-corrected chi connectivity index (χ3v) is 9.43. The molecule has 12 nitrogen and oxygen atoms in total. The summed E-state index contributed by atoms with van der Waals surface area (Å²) in [5.74, 6) is -0.771. The number of hydrogen-bond acceptors (Lipinski definition) is 6. The molecule has 4 heterocycles. The number of alkyl halides is 3. The molecule has 2 saturated carbocycles. The van der Waals surface area contributed by atoms with E-state index in [0.29, 0.717) is 26.2 Å². The average Bonchev–Trinajstić information content (AvgIpc) is 3.58. The number of anilines is 1. The van der Waals surface area contributed by atoms with E-state index in [1.165, 1.54) is 46.9 Å². The molecule has 4 atom stereocenters. The molecule has 2 aliphatic carbocycles. The Balaban J connectivity index is 0.974. The summed E-state index contributed by atoms with van der Waals surface area (Å²) in [7, 11) is 1.45. The van der Waals surface area contributed by atoms with Gasteiger partial charge in [-0.1, -0.05) is 11.6 Å². The standard InChI is InChI=1S/C29H31ClF3N9O3/c1-39-22(20-13-42(16-3-4-16)38-24(20)29(31,32)33)9-35-25(39)27(44)36-15-2-5-17(21(30)8-15)26(43)37-23-18-11-41(12-19(18)23)28(45)40-7-6-14(34)10-40/h2,5,8-9,13-14,16,18-19,23H,3-4,6-7,10-12,34H2,1H3,(H,36,44)(H,37,43)/t14-,18-,19+,23?/m1/s1. The molecule has 1 unspecified atom stereocenters. The number of nitrogens with zero attached hydrogens (tertiary/aromatic N) is 6. The van der Waals surface area contributed by atoms with E-state index in [1.54, 1.807) is 4.90 Å². The monoisotopic (exact) mass is 645 g/mol. The number of fused-ring (bicyclic) bond motifs is 1. The van der Waals surface area contributed by atoms with Gasteiger partial charge in [-0.05, 0) is 37.5 Å². The quantitative estimate of drug-likeness (QED) is 0.375. The lowest BCUT2D eigenvalue weighted by Gasteiger charge is -2.26. The van der Waals surface area contributed by atoms with E-state index in [-0.39, 0.29) is 75.3 Å². The molecule has 1 aromatic carbocycles. The van der Waals surface area contributed by atoms with Crippen molar-refractivity contribution < 1.29 is 27.6 Å². The van der Waals surface area contributed by atoms with E-state index in [9.17, 15) is 27.6 Å². The highest BCUT2D eigenvalue weighted by molar-refractivity contribution is 6.34. The number of amides is 4. The minimum absolute atomic E-state index is 0.00146. The van der Waals surface area contributed by atoms with Gasteiger partial charge in [0.1, 0.15) is 0 Å². The second kappa shape index (κ2) is 10.8. The van der Waals surface area contributed by atoms with Crippen LogP contribution in [0.5, 0.6) is 0 Å². The maximum absolute atomic E-state index is 13.7. The van der Waals surface area contributed by atoms with Gasteiger partial charge in [0.15, 0.2) is 11.5 Å². The fraction of sp³-hybridized carbons (Fsp3) is 0.483. The lowest BCUT2D eigenvalue weighted by atomic mass is 10.2. The molecule has 238 valence electrons. The molecular formula is C29H31ClF3N9O3. The minimum atomic E-state index is -4.67. The van der Waals surface area contributed by atoms with Crippen molar-refractivity contribution in [2.24, 2.45) is 24.6 Å². The Kier molecular flexibility index (Phi) is 7.07. The van der Waals surface area contributed by atoms with Gasteiger partial charge in [0.05, 0.1) is 34.1 Å². The van der Waals surface area contributed by atoms with Gasteiger partial charge in [0, 0.05) is 69.0 Å². The lowest BCUT2D eigenvalue weighted by Crippen LogP contribution is -2.44. The van der Waals surface area contributed by atoms with Gasteiger partial charge in [-0.2, -0.15) is 18.3 Å². The zero-order valence-electron chi connectivity index (χ0n) is 24.2. The average molecular weight is 646 g/mol. The zero-order valence-corrected chi connectivity index (χ0v) is 25.0. The van der Waals surface area contributed by atoms with Crippen molar-refractivity contribution in [1.29, 1.82) is 0 Å². The minimum Gasteiger partial charge on any atom is -0.349 e. The number of rotatable bonds is 6. The molecule has 2 saturated heterocycles. The van der Waals surface area contributed by atoms with Crippen LogP contribution in [0.15, 0.2) is 30.6 Å². The predicted octanol–water partition coefficient (Wildman–Crippen LogP) is 3.36. The van der Waals surface area contributed by atoms with Crippen LogP contribution in [-0.2, 0) is 13.2 Å². The molecule has 4 aliphatic rings. The maximum atomic E-state index is 13.7. The molecule has 0 spiro atoms. The van der Waals surface area contributed by atoms with Crippen LogP contribution in [-0.4, -0.2) is 85.2 Å². The summed E-state index contributed by atoms with van der Waals surface area (Å²) in [5.41, 5.74) is 5.35. The molecule has 4 amide bonds. The summed E-state index contributed by atoms with van der Waals surface area (Å²) in [6.45, 7) is 2.39. The fourth-order valence-electron chi connectivity index (χ4n) is 6.44. The van der Waals surface area contributed by atoms with Crippen molar-refractivity contribution in [2.75, 3.05) is 31.5 Å². The number of benzene rings is 1. The summed E-state index contributed by atoms with van der Waals surface area (Å²) in [6.07, 6.45) is 0.211. The van der Waals surface area contributed by atoms with Gasteiger partial charge < -0.3 is 30.7 Å². The number of likely N-dealkylation sites (tertiary alicyclic amines) is 2. The van der Waals surface area contributed by atoms with Crippen LogP contribution in [0.4, 0.5) is 23.7 Å². The van der Waals surface area contributed by atoms with Crippen molar-refractivity contribution in [2.45, 2.75) is 43.6 Å². The SMILES string of the molecule is Cn1c(-c2cn(C3CC3)nc2C(F)(F)F)cnc1C(=O)Nc1ccc(C(=O)NC2[C@H]3CN(C(=O)N4CC[C@@H](N)C4)C[C@@H]23)c(Cl)c1. The van der Waals surface area contributed by atoms with Gasteiger partial charge in [-0.15, -0.1) is 0 Å². The summed E-state index contributed by atoms with van der Waals surface area (Å²) in [5, 5.41) is 9.53. The second-order valence-electron chi connectivity index (χ2n) is 12.3. The van der Waals surface area contributed by atoms with Gasteiger partial charge in [-0.25, -0.2) is 9.78 Å².